The Hall–Kier alpha value is -0.750. The van der Waals surface area contributed by atoms with Gasteiger partial charge in [0.25, 0.3) is 0 Å². The molecule has 0 spiro atoms. The highest BCUT2D eigenvalue weighted by Gasteiger charge is 2.33. The number of halogens is 5. The van der Waals surface area contributed by atoms with E-state index in [0.29, 0.717) is 0 Å². The van der Waals surface area contributed by atoms with Crippen LogP contribution in [0.2, 0.25) is 10.3 Å². The normalized spacial score (nSPS) is 11.5. The zero-order valence-corrected chi connectivity index (χ0v) is 7.28. The Bertz CT molecular complexity index is 317. The SMILES string of the molecule is FC(F)(F)Oc1nc(Cl)ncc1Cl. The molecule has 0 aliphatic rings. The number of hydrogen-bond acceptors (Lipinski definition) is 3. The van der Waals surface area contributed by atoms with E-state index in [2.05, 4.69) is 14.7 Å². The Morgan fingerprint density at radius 2 is 1.92 bits per heavy atom. The first-order chi connectivity index (χ1) is 5.88. The molecule has 0 N–H and O–H groups in total. The van der Waals surface area contributed by atoms with Gasteiger partial charge in [-0.15, -0.1) is 13.2 Å². The third-order valence-corrected chi connectivity index (χ3v) is 1.34. The second-order valence-electron chi connectivity index (χ2n) is 1.84. The highest BCUT2D eigenvalue weighted by atomic mass is 35.5. The molecule has 1 aromatic heterocycles. The first-order valence-electron chi connectivity index (χ1n) is 2.82. The predicted octanol–water partition coefficient (Wildman–Crippen LogP) is 2.68. The van der Waals surface area contributed by atoms with E-state index < -0.39 is 12.2 Å². The molecule has 0 aliphatic carbocycles. The van der Waals surface area contributed by atoms with Crippen molar-refractivity contribution in [3.63, 3.8) is 0 Å². The standard InChI is InChI=1S/C5HCl2F3N2O/c6-2-1-11-4(7)12-3(2)13-5(8,9)10/h1H. The van der Waals surface area contributed by atoms with Gasteiger partial charge in [-0.25, -0.2) is 4.98 Å². The maximum absolute atomic E-state index is 11.7. The van der Waals surface area contributed by atoms with Gasteiger partial charge in [0.2, 0.25) is 11.2 Å². The predicted molar refractivity (Wildman–Crippen MR) is 38.7 cm³/mol. The van der Waals surface area contributed by atoms with Gasteiger partial charge in [0.15, 0.2) is 0 Å². The van der Waals surface area contributed by atoms with Crippen LogP contribution in [0.1, 0.15) is 0 Å². The molecule has 8 heteroatoms. The van der Waals surface area contributed by atoms with Crippen molar-refractivity contribution >= 4 is 23.2 Å². The number of rotatable bonds is 1. The third-order valence-electron chi connectivity index (χ3n) is 0.895. The molecule has 1 heterocycles. The molecule has 0 fully saturated rings. The van der Waals surface area contributed by atoms with Gasteiger partial charge in [0.1, 0.15) is 5.02 Å². The summed E-state index contributed by atoms with van der Waals surface area (Å²) in [5, 5.41) is -0.731. The second kappa shape index (κ2) is 3.55. The van der Waals surface area contributed by atoms with E-state index in [1.165, 1.54) is 0 Å². The van der Waals surface area contributed by atoms with Gasteiger partial charge in [-0.3, -0.25) is 0 Å². The lowest BCUT2D eigenvalue weighted by molar-refractivity contribution is -0.276. The van der Waals surface area contributed by atoms with Crippen molar-refractivity contribution in [1.29, 1.82) is 0 Å². The molecule has 0 aliphatic heterocycles. The molecule has 72 valence electrons. The second-order valence-corrected chi connectivity index (χ2v) is 2.59. The van der Waals surface area contributed by atoms with E-state index in [0.717, 1.165) is 6.20 Å². The molecule has 0 amide bonds. The third kappa shape index (κ3) is 3.23. The van der Waals surface area contributed by atoms with Gasteiger partial charge in [-0.1, -0.05) is 11.6 Å². The lowest BCUT2D eigenvalue weighted by Crippen LogP contribution is -2.18. The molecule has 3 nitrogen and oxygen atoms in total. The molecule has 1 rings (SSSR count). The molecular weight excluding hydrogens is 232 g/mol. The van der Waals surface area contributed by atoms with Crippen LogP contribution in [0.4, 0.5) is 13.2 Å². The molecule has 0 atom stereocenters. The average Bonchev–Trinajstić information content (AvgIpc) is 1.94. The number of nitrogens with zero attached hydrogens (tertiary/aromatic N) is 2. The maximum atomic E-state index is 11.7. The van der Waals surface area contributed by atoms with Crippen LogP contribution in [0, 0.1) is 0 Å². The Balaban J connectivity index is 2.94. The van der Waals surface area contributed by atoms with E-state index in [9.17, 15) is 13.2 Å². The highest BCUT2D eigenvalue weighted by Crippen LogP contribution is 2.27. The zero-order chi connectivity index (χ0) is 10.1. The number of ether oxygens (including phenoxy) is 1. The van der Waals surface area contributed by atoms with Crippen LogP contribution in [0.25, 0.3) is 0 Å². The summed E-state index contributed by atoms with van der Waals surface area (Å²) in [5.74, 6) is -0.811. The summed E-state index contributed by atoms with van der Waals surface area (Å²) in [6, 6.07) is 0. The van der Waals surface area contributed by atoms with Crippen LogP contribution in [-0.2, 0) is 0 Å². The maximum Gasteiger partial charge on any atom is 0.574 e. The Kier molecular flexibility index (Phi) is 2.82. The smallest absolute Gasteiger partial charge is 0.386 e. The van der Waals surface area contributed by atoms with Gasteiger partial charge in [-0.05, 0) is 11.6 Å². The van der Waals surface area contributed by atoms with Crippen molar-refractivity contribution in [2.45, 2.75) is 6.36 Å². The van der Waals surface area contributed by atoms with Crippen LogP contribution in [0.15, 0.2) is 6.20 Å². The molecular formula is C5HCl2F3N2O. The summed E-state index contributed by atoms with van der Waals surface area (Å²) in [4.78, 5) is 6.48. The Morgan fingerprint density at radius 1 is 1.31 bits per heavy atom. The Morgan fingerprint density at radius 3 is 2.46 bits per heavy atom. The molecule has 1 aromatic rings. The van der Waals surface area contributed by atoms with E-state index >= 15 is 0 Å². The minimum atomic E-state index is -4.85. The first kappa shape index (κ1) is 10.3. The van der Waals surface area contributed by atoms with Crippen molar-refractivity contribution in [2.24, 2.45) is 0 Å². The fraction of sp³-hybridized carbons (Fsp3) is 0.200. The lowest BCUT2D eigenvalue weighted by atomic mass is 10.6. The van der Waals surface area contributed by atoms with Crippen LogP contribution in [0.3, 0.4) is 0 Å². The van der Waals surface area contributed by atoms with Gasteiger partial charge >= 0.3 is 6.36 Å². The zero-order valence-electron chi connectivity index (χ0n) is 5.77. The largest absolute Gasteiger partial charge is 0.574 e. The summed E-state index contributed by atoms with van der Waals surface area (Å²) < 4.78 is 38.5. The lowest BCUT2D eigenvalue weighted by Gasteiger charge is -2.08. The quantitative estimate of drug-likeness (QED) is 0.699. The summed E-state index contributed by atoms with van der Waals surface area (Å²) in [5.41, 5.74) is 0. The van der Waals surface area contributed by atoms with Crippen molar-refractivity contribution in [1.82, 2.24) is 9.97 Å². The van der Waals surface area contributed by atoms with Crippen molar-refractivity contribution in [3.05, 3.63) is 16.5 Å². The minimum absolute atomic E-state index is 0.360. The molecule has 0 bridgehead atoms. The van der Waals surface area contributed by atoms with Crippen molar-refractivity contribution < 1.29 is 17.9 Å². The monoisotopic (exact) mass is 232 g/mol. The van der Waals surface area contributed by atoms with Gasteiger partial charge in [-0.2, -0.15) is 4.98 Å². The first-order valence-corrected chi connectivity index (χ1v) is 3.58. The van der Waals surface area contributed by atoms with E-state index in [1.54, 1.807) is 0 Å². The number of aromatic nitrogens is 2. The van der Waals surface area contributed by atoms with Gasteiger partial charge in [0.05, 0.1) is 6.20 Å². The van der Waals surface area contributed by atoms with Crippen LogP contribution in [-0.4, -0.2) is 16.3 Å². The van der Waals surface area contributed by atoms with E-state index in [4.69, 9.17) is 23.2 Å². The summed E-state index contributed by atoms with van der Waals surface area (Å²) in [6.45, 7) is 0. The van der Waals surface area contributed by atoms with Crippen LogP contribution >= 0.6 is 23.2 Å². The molecule has 13 heavy (non-hydrogen) atoms. The molecule has 0 radical (unpaired) electrons. The topological polar surface area (TPSA) is 35.0 Å². The fourth-order valence-electron chi connectivity index (χ4n) is 0.512. The molecule has 0 saturated carbocycles. The van der Waals surface area contributed by atoms with Crippen molar-refractivity contribution in [3.8, 4) is 5.88 Å². The minimum Gasteiger partial charge on any atom is -0.386 e. The number of hydrogen-bond donors (Lipinski definition) is 0. The van der Waals surface area contributed by atoms with Crippen LogP contribution in [0.5, 0.6) is 5.88 Å². The summed E-state index contributed by atoms with van der Waals surface area (Å²) in [6.07, 6.45) is -3.93. The van der Waals surface area contributed by atoms with E-state index in [-0.39, 0.29) is 10.3 Å². The fourth-order valence-corrected chi connectivity index (χ4v) is 0.768. The van der Waals surface area contributed by atoms with Crippen molar-refractivity contribution in [2.75, 3.05) is 0 Å². The van der Waals surface area contributed by atoms with Gasteiger partial charge in [0, 0.05) is 0 Å². The van der Waals surface area contributed by atoms with Gasteiger partial charge < -0.3 is 4.74 Å². The molecule has 0 aromatic carbocycles. The number of alkyl halides is 3. The van der Waals surface area contributed by atoms with Crippen LogP contribution < -0.4 is 4.74 Å². The van der Waals surface area contributed by atoms with E-state index in [1.807, 2.05) is 0 Å². The summed E-state index contributed by atoms with van der Waals surface area (Å²) in [7, 11) is 0. The Labute approximate surface area is 80.5 Å². The highest BCUT2D eigenvalue weighted by molar-refractivity contribution is 6.32. The molecule has 0 unspecified atom stereocenters. The summed E-state index contributed by atoms with van der Waals surface area (Å²) >= 11 is 10.5. The molecule has 0 saturated heterocycles. The average molecular weight is 233 g/mol.